The van der Waals surface area contributed by atoms with E-state index in [1.165, 1.54) is 36.1 Å². The molecule has 1 atom stereocenters. The van der Waals surface area contributed by atoms with Crippen molar-refractivity contribution in [1.82, 2.24) is 9.80 Å². The van der Waals surface area contributed by atoms with Gasteiger partial charge < -0.3 is 9.80 Å². The van der Waals surface area contributed by atoms with Crippen LogP contribution in [0.5, 0.6) is 0 Å². The van der Waals surface area contributed by atoms with Crippen molar-refractivity contribution in [3.63, 3.8) is 0 Å². The number of amides is 3. The lowest BCUT2D eigenvalue weighted by atomic mass is 10.1. The van der Waals surface area contributed by atoms with Gasteiger partial charge in [0.25, 0.3) is 23.2 Å². The van der Waals surface area contributed by atoms with Gasteiger partial charge in [-0.2, -0.15) is 0 Å². The van der Waals surface area contributed by atoms with Crippen LogP contribution in [0, 0.1) is 20.2 Å². The summed E-state index contributed by atoms with van der Waals surface area (Å²) in [6, 6.07) is 8.80. The zero-order chi connectivity index (χ0) is 23.9. The summed E-state index contributed by atoms with van der Waals surface area (Å²) in [4.78, 5) is 63.9. The van der Waals surface area contributed by atoms with Gasteiger partial charge in [0.15, 0.2) is 0 Å². The molecule has 12 heteroatoms. The van der Waals surface area contributed by atoms with Crippen molar-refractivity contribution in [2.24, 2.45) is 0 Å². The van der Waals surface area contributed by atoms with Gasteiger partial charge in [0, 0.05) is 50.1 Å². The smallest absolute Gasteiger partial charge is 0.282 e. The minimum atomic E-state index is -1.12. The summed E-state index contributed by atoms with van der Waals surface area (Å²) in [7, 11) is 0. The molecule has 0 unspecified atom stereocenters. The predicted octanol–water partition coefficient (Wildman–Crippen LogP) is 1.84. The normalized spacial score (nSPS) is 16.6. The number of fused-ring (bicyclic) bond motifs is 1. The molecule has 0 aliphatic carbocycles. The van der Waals surface area contributed by atoms with Crippen LogP contribution < -0.4 is 4.90 Å². The first kappa shape index (κ1) is 21.9. The Labute approximate surface area is 187 Å². The summed E-state index contributed by atoms with van der Waals surface area (Å²) in [6.45, 7) is 3.00. The first-order chi connectivity index (χ1) is 15.7. The third kappa shape index (κ3) is 3.75. The van der Waals surface area contributed by atoms with Gasteiger partial charge in [-0.25, -0.2) is 0 Å². The van der Waals surface area contributed by atoms with E-state index in [1.54, 1.807) is 12.1 Å². The SMILES string of the molecule is C[C@@H](C(=O)N1CCN(c2ccc([N+](=O)[O-])cc2)CC1)N1C(=O)c2cccc([N+](=O)[O-])c2C1=O. The van der Waals surface area contributed by atoms with Crippen molar-refractivity contribution in [3.8, 4) is 0 Å². The molecule has 2 aliphatic heterocycles. The van der Waals surface area contributed by atoms with Crippen LogP contribution in [0.25, 0.3) is 0 Å². The van der Waals surface area contributed by atoms with Crippen LogP contribution >= 0.6 is 0 Å². The van der Waals surface area contributed by atoms with Crippen molar-refractivity contribution in [1.29, 1.82) is 0 Å². The van der Waals surface area contributed by atoms with E-state index < -0.39 is 39.3 Å². The molecule has 12 nitrogen and oxygen atoms in total. The van der Waals surface area contributed by atoms with Crippen molar-refractivity contribution in [3.05, 3.63) is 73.8 Å². The molecule has 1 saturated heterocycles. The zero-order valence-corrected chi connectivity index (χ0v) is 17.5. The molecule has 170 valence electrons. The fourth-order valence-corrected chi connectivity index (χ4v) is 4.13. The molecule has 2 heterocycles. The largest absolute Gasteiger partial charge is 0.368 e. The molecule has 33 heavy (non-hydrogen) atoms. The molecule has 0 bridgehead atoms. The molecule has 2 aromatic rings. The summed E-state index contributed by atoms with van der Waals surface area (Å²) in [5.41, 5.74) is -0.0762. The lowest BCUT2D eigenvalue weighted by Gasteiger charge is -2.38. The summed E-state index contributed by atoms with van der Waals surface area (Å²) >= 11 is 0. The molecule has 0 N–H and O–H groups in total. The van der Waals surface area contributed by atoms with Crippen LogP contribution in [0.1, 0.15) is 27.6 Å². The molecular formula is C21H19N5O7. The van der Waals surface area contributed by atoms with E-state index in [0.717, 1.165) is 16.7 Å². The average molecular weight is 453 g/mol. The highest BCUT2D eigenvalue weighted by molar-refractivity contribution is 6.24. The number of nitro benzene ring substituents is 2. The Hall–Kier alpha value is -4.35. The maximum atomic E-state index is 13.1. The summed E-state index contributed by atoms with van der Waals surface area (Å²) in [5, 5.41) is 22.1. The van der Waals surface area contributed by atoms with E-state index in [4.69, 9.17) is 0 Å². The molecule has 0 spiro atoms. The average Bonchev–Trinajstić information content (AvgIpc) is 3.08. The number of piperazine rings is 1. The Morgan fingerprint density at radius 1 is 0.909 bits per heavy atom. The first-order valence-corrected chi connectivity index (χ1v) is 10.1. The Balaban J connectivity index is 1.44. The second-order valence-corrected chi connectivity index (χ2v) is 7.70. The second kappa shape index (κ2) is 8.30. The maximum Gasteiger partial charge on any atom is 0.282 e. The van der Waals surface area contributed by atoms with Crippen LogP contribution in [-0.2, 0) is 4.79 Å². The summed E-state index contributed by atoms with van der Waals surface area (Å²) in [6.07, 6.45) is 0. The first-order valence-electron chi connectivity index (χ1n) is 10.1. The van der Waals surface area contributed by atoms with E-state index >= 15 is 0 Å². The van der Waals surface area contributed by atoms with Crippen LogP contribution in [0.3, 0.4) is 0 Å². The fourth-order valence-electron chi connectivity index (χ4n) is 4.13. The number of benzene rings is 2. The zero-order valence-electron chi connectivity index (χ0n) is 17.5. The Kier molecular flexibility index (Phi) is 5.50. The van der Waals surface area contributed by atoms with E-state index in [1.807, 2.05) is 4.90 Å². The Bertz CT molecular complexity index is 1170. The van der Waals surface area contributed by atoms with Gasteiger partial charge >= 0.3 is 0 Å². The highest BCUT2D eigenvalue weighted by Gasteiger charge is 2.45. The minimum absolute atomic E-state index is 0.0115. The van der Waals surface area contributed by atoms with Gasteiger partial charge in [-0.1, -0.05) is 6.07 Å². The molecule has 0 aromatic heterocycles. The van der Waals surface area contributed by atoms with Gasteiger partial charge in [0.2, 0.25) is 5.91 Å². The van der Waals surface area contributed by atoms with Gasteiger partial charge in [-0.05, 0) is 25.1 Å². The van der Waals surface area contributed by atoms with Crippen molar-refractivity contribution in [2.75, 3.05) is 31.1 Å². The number of carbonyl (C=O) groups is 3. The molecule has 3 amide bonds. The van der Waals surface area contributed by atoms with Crippen molar-refractivity contribution >= 4 is 34.8 Å². The van der Waals surface area contributed by atoms with E-state index in [9.17, 15) is 34.6 Å². The number of nitrogens with zero attached hydrogens (tertiary/aromatic N) is 5. The fraction of sp³-hybridized carbons (Fsp3) is 0.286. The monoisotopic (exact) mass is 453 g/mol. The molecule has 0 saturated carbocycles. The van der Waals surface area contributed by atoms with E-state index in [0.29, 0.717) is 26.2 Å². The standard InChI is InChI=1S/C21H19N5O7/c1-13(24-20(28)16-3-2-4-17(26(32)33)18(16)21(24)29)19(27)23-11-9-22(10-12-23)14-5-7-15(8-6-14)25(30)31/h2-8,13H,9-12H2,1H3/t13-/m0/s1. The number of carbonyl (C=O) groups excluding carboxylic acids is 3. The minimum Gasteiger partial charge on any atom is -0.368 e. The third-order valence-corrected chi connectivity index (χ3v) is 5.88. The van der Waals surface area contributed by atoms with Crippen LogP contribution in [0.4, 0.5) is 17.1 Å². The molecule has 1 fully saturated rings. The van der Waals surface area contributed by atoms with Gasteiger partial charge in [-0.3, -0.25) is 39.5 Å². The lowest BCUT2D eigenvalue weighted by Crippen LogP contribution is -2.55. The summed E-state index contributed by atoms with van der Waals surface area (Å²) < 4.78 is 0. The van der Waals surface area contributed by atoms with Crippen molar-refractivity contribution in [2.45, 2.75) is 13.0 Å². The number of hydrogen-bond acceptors (Lipinski definition) is 8. The summed E-state index contributed by atoms with van der Waals surface area (Å²) in [5.74, 6) is -2.02. The van der Waals surface area contributed by atoms with Crippen LogP contribution in [-0.4, -0.2) is 69.6 Å². The number of nitro groups is 2. The van der Waals surface area contributed by atoms with E-state index in [-0.39, 0.29) is 16.8 Å². The Morgan fingerprint density at radius 3 is 2.12 bits per heavy atom. The molecule has 2 aromatic carbocycles. The lowest BCUT2D eigenvalue weighted by molar-refractivity contribution is -0.385. The van der Waals surface area contributed by atoms with Crippen LogP contribution in [0.2, 0.25) is 0 Å². The quantitative estimate of drug-likeness (QED) is 0.378. The van der Waals surface area contributed by atoms with Gasteiger partial charge in [0.1, 0.15) is 11.6 Å². The number of imide groups is 1. The van der Waals surface area contributed by atoms with Crippen LogP contribution in [0.15, 0.2) is 42.5 Å². The van der Waals surface area contributed by atoms with E-state index in [2.05, 4.69) is 0 Å². The number of non-ortho nitro benzene ring substituents is 1. The molecule has 2 aliphatic rings. The number of hydrogen-bond donors (Lipinski definition) is 0. The maximum absolute atomic E-state index is 13.1. The van der Waals surface area contributed by atoms with Crippen molar-refractivity contribution < 1.29 is 24.2 Å². The molecular weight excluding hydrogens is 434 g/mol. The molecule has 0 radical (unpaired) electrons. The molecule has 4 rings (SSSR count). The number of rotatable bonds is 5. The second-order valence-electron chi connectivity index (χ2n) is 7.70. The predicted molar refractivity (Wildman–Crippen MR) is 115 cm³/mol. The van der Waals surface area contributed by atoms with Gasteiger partial charge in [-0.15, -0.1) is 0 Å². The topological polar surface area (TPSA) is 147 Å². The third-order valence-electron chi connectivity index (χ3n) is 5.88. The number of anilines is 1. The highest BCUT2D eigenvalue weighted by Crippen LogP contribution is 2.32. The Morgan fingerprint density at radius 2 is 1.55 bits per heavy atom. The highest BCUT2D eigenvalue weighted by atomic mass is 16.6. The van der Waals surface area contributed by atoms with Gasteiger partial charge in [0.05, 0.1) is 15.4 Å².